The Morgan fingerprint density at radius 2 is 2.33 bits per heavy atom. The van der Waals surface area contributed by atoms with E-state index in [1.54, 1.807) is 0 Å². The molecule has 1 N–H and O–H groups in total. The summed E-state index contributed by atoms with van der Waals surface area (Å²) < 4.78 is 37.0. The summed E-state index contributed by atoms with van der Waals surface area (Å²) in [6.45, 7) is 0. The van der Waals surface area contributed by atoms with E-state index in [9.17, 15) is 18.0 Å². The molecule has 0 saturated heterocycles. The zero-order chi connectivity index (χ0) is 9.35. The van der Waals surface area contributed by atoms with E-state index in [2.05, 4.69) is 0 Å². The zero-order valence-electron chi connectivity index (χ0n) is 6.22. The summed E-state index contributed by atoms with van der Waals surface area (Å²) in [5.41, 5.74) is -0.182. The number of hydrogen-bond acceptors (Lipinski definition) is 3. The molecular formula is C6H7F3N2O. The molecule has 1 unspecified atom stereocenters. The topological polar surface area (TPSA) is 32.3 Å². The number of carbonyl (C=O) groups is 1. The predicted molar refractivity (Wildman–Crippen MR) is 34.9 cm³/mol. The van der Waals surface area contributed by atoms with Gasteiger partial charge in [0.05, 0.1) is 0 Å². The van der Waals surface area contributed by atoms with Crippen molar-refractivity contribution in [2.45, 2.75) is 12.0 Å². The lowest BCUT2D eigenvalue weighted by atomic mass is 10.1. The largest absolute Gasteiger partial charge is 0.301 e. The number of nitrogens with zero attached hydrogens (tertiary/aromatic N) is 1. The van der Waals surface area contributed by atoms with Crippen LogP contribution in [0, 0.1) is 0 Å². The number of alkyl halides is 2. The van der Waals surface area contributed by atoms with Crippen molar-refractivity contribution in [3.8, 4) is 0 Å². The summed E-state index contributed by atoms with van der Waals surface area (Å²) >= 11 is 0. The molecule has 1 aliphatic heterocycles. The van der Waals surface area contributed by atoms with Crippen LogP contribution in [0.4, 0.5) is 13.2 Å². The monoisotopic (exact) mass is 180 g/mol. The Balaban J connectivity index is 2.93. The van der Waals surface area contributed by atoms with Gasteiger partial charge in [-0.2, -0.15) is 4.39 Å². The highest BCUT2D eigenvalue weighted by molar-refractivity contribution is 5.69. The van der Waals surface area contributed by atoms with E-state index in [0.717, 1.165) is 5.01 Å². The van der Waals surface area contributed by atoms with E-state index in [1.165, 1.54) is 7.05 Å². The highest BCUT2D eigenvalue weighted by atomic mass is 19.3. The number of carbonyl (C=O) groups excluding carboxylic acids is 1. The van der Waals surface area contributed by atoms with Crippen LogP contribution in [0.5, 0.6) is 0 Å². The van der Waals surface area contributed by atoms with E-state index in [1.807, 2.05) is 5.43 Å². The van der Waals surface area contributed by atoms with Gasteiger partial charge in [-0.25, -0.2) is 14.2 Å². The van der Waals surface area contributed by atoms with Gasteiger partial charge in [0.15, 0.2) is 11.8 Å². The van der Waals surface area contributed by atoms with E-state index in [0.29, 0.717) is 6.08 Å². The second-order valence-corrected chi connectivity index (χ2v) is 2.49. The SMILES string of the molecule is CN1NC(C=O)(C(F)F)C=C1F. The van der Waals surface area contributed by atoms with Gasteiger partial charge in [-0.15, -0.1) is 0 Å². The lowest BCUT2D eigenvalue weighted by Gasteiger charge is -2.22. The van der Waals surface area contributed by atoms with E-state index < -0.39 is 17.9 Å². The molecule has 0 saturated carbocycles. The molecule has 1 heterocycles. The van der Waals surface area contributed by atoms with Gasteiger partial charge in [0.2, 0.25) is 5.95 Å². The molecule has 0 aromatic rings. The Morgan fingerprint density at radius 3 is 2.50 bits per heavy atom. The third-order valence-corrected chi connectivity index (χ3v) is 1.60. The summed E-state index contributed by atoms with van der Waals surface area (Å²) in [7, 11) is 1.21. The Bertz CT molecular complexity index is 231. The van der Waals surface area contributed by atoms with Gasteiger partial charge < -0.3 is 4.79 Å². The molecule has 12 heavy (non-hydrogen) atoms. The maximum atomic E-state index is 12.6. The summed E-state index contributed by atoms with van der Waals surface area (Å²) in [6.07, 6.45) is -2.42. The fourth-order valence-corrected chi connectivity index (χ4v) is 0.894. The summed E-state index contributed by atoms with van der Waals surface area (Å²) in [4.78, 5) is 10.3. The van der Waals surface area contributed by atoms with E-state index in [4.69, 9.17) is 0 Å². The summed E-state index contributed by atoms with van der Waals surface area (Å²) in [6, 6.07) is 0. The minimum absolute atomic E-state index is 0.0131. The van der Waals surface area contributed by atoms with Crippen molar-refractivity contribution in [1.82, 2.24) is 10.4 Å². The molecule has 68 valence electrons. The second kappa shape index (κ2) is 2.78. The Labute approximate surface area is 66.8 Å². The van der Waals surface area contributed by atoms with Gasteiger partial charge in [-0.1, -0.05) is 0 Å². The maximum absolute atomic E-state index is 12.6. The van der Waals surface area contributed by atoms with Crippen LogP contribution in [-0.4, -0.2) is 30.3 Å². The van der Waals surface area contributed by atoms with Crippen molar-refractivity contribution in [3.63, 3.8) is 0 Å². The van der Waals surface area contributed by atoms with Crippen LogP contribution in [0.15, 0.2) is 12.0 Å². The summed E-state index contributed by atoms with van der Waals surface area (Å²) in [5, 5.41) is 0.737. The van der Waals surface area contributed by atoms with Crippen molar-refractivity contribution < 1.29 is 18.0 Å². The number of halogens is 3. The molecule has 0 bridgehead atoms. The molecule has 3 nitrogen and oxygen atoms in total. The number of rotatable bonds is 2. The van der Waals surface area contributed by atoms with Crippen molar-refractivity contribution in [2.24, 2.45) is 0 Å². The normalized spacial score (nSPS) is 29.4. The van der Waals surface area contributed by atoms with Gasteiger partial charge in [-0.05, 0) is 0 Å². The van der Waals surface area contributed by atoms with Crippen molar-refractivity contribution in [1.29, 1.82) is 0 Å². The number of aldehydes is 1. The molecule has 6 heteroatoms. The van der Waals surface area contributed by atoms with Gasteiger partial charge in [0, 0.05) is 13.1 Å². The van der Waals surface area contributed by atoms with Crippen LogP contribution in [0.2, 0.25) is 0 Å². The zero-order valence-corrected chi connectivity index (χ0v) is 6.22. The third kappa shape index (κ3) is 1.18. The van der Waals surface area contributed by atoms with Crippen LogP contribution in [-0.2, 0) is 4.79 Å². The van der Waals surface area contributed by atoms with Gasteiger partial charge in [0.1, 0.15) is 0 Å². The molecule has 1 atom stereocenters. The average Bonchev–Trinajstić information content (AvgIpc) is 2.29. The first-order valence-corrected chi connectivity index (χ1v) is 3.16. The number of hydrogen-bond donors (Lipinski definition) is 1. The minimum atomic E-state index is -2.97. The molecule has 1 aliphatic rings. The number of nitrogens with one attached hydrogen (secondary N) is 1. The predicted octanol–water partition coefficient (Wildman–Crippen LogP) is 0.450. The average molecular weight is 180 g/mol. The standard InChI is InChI=1S/C6H7F3N2O/c1-11-4(7)2-6(3-12,10-11)5(8)9/h2-3,5,10H,1H3. The molecule has 0 radical (unpaired) electrons. The molecule has 0 amide bonds. The smallest absolute Gasteiger partial charge is 0.268 e. The van der Waals surface area contributed by atoms with Gasteiger partial charge >= 0.3 is 0 Å². The molecule has 1 rings (SSSR count). The quantitative estimate of drug-likeness (QED) is 0.494. The first kappa shape index (κ1) is 9.05. The Hall–Kier alpha value is -1.04. The fourth-order valence-electron chi connectivity index (χ4n) is 0.894. The lowest BCUT2D eigenvalue weighted by molar-refractivity contribution is -0.117. The third-order valence-electron chi connectivity index (χ3n) is 1.60. The van der Waals surface area contributed by atoms with Gasteiger partial charge in [0.25, 0.3) is 6.43 Å². The first-order valence-electron chi connectivity index (χ1n) is 3.16. The molecule has 0 aromatic carbocycles. The highest BCUT2D eigenvalue weighted by Gasteiger charge is 2.44. The molecule has 0 aromatic heterocycles. The minimum Gasteiger partial charge on any atom is -0.301 e. The van der Waals surface area contributed by atoms with Crippen molar-refractivity contribution >= 4 is 6.29 Å². The van der Waals surface area contributed by atoms with Crippen LogP contribution in [0.3, 0.4) is 0 Å². The molecule has 0 spiro atoms. The summed E-state index contributed by atoms with van der Waals surface area (Å²) in [5.74, 6) is -0.887. The lowest BCUT2D eigenvalue weighted by Crippen LogP contribution is -2.52. The van der Waals surface area contributed by atoms with Crippen LogP contribution in [0.1, 0.15) is 0 Å². The Morgan fingerprint density at radius 1 is 1.75 bits per heavy atom. The Kier molecular flexibility index (Phi) is 2.10. The van der Waals surface area contributed by atoms with Crippen LogP contribution in [0.25, 0.3) is 0 Å². The van der Waals surface area contributed by atoms with Crippen molar-refractivity contribution in [3.05, 3.63) is 12.0 Å². The molecular weight excluding hydrogens is 173 g/mol. The molecule has 0 aliphatic carbocycles. The van der Waals surface area contributed by atoms with Crippen LogP contribution >= 0.6 is 0 Å². The van der Waals surface area contributed by atoms with Crippen molar-refractivity contribution in [2.75, 3.05) is 7.05 Å². The number of hydrazine groups is 1. The van der Waals surface area contributed by atoms with Gasteiger partial charge in [-0.3, -0.25) is 5.01 Å². The molecule has 0 fully saturated rings. The maximum Gasteiger partial charge on any atom is 0.268 e. The highest BCUT2D eigenvalue weighted by Crippen LogP contribution is 2.24. The fraction of sp³-hybridized carbons (Fsp3) is 0.500. The van der Waals surface area contributed by atoms with E-state index >= 15 is 0 Å². The first-order chi connectivity index (χ1) is 5.52. The van der Waals surface area contributed by atoms with Crippen LogP contribution < -0.4 is 5.43 Å². The van der Waals surface area contributed by atoms with E-state index in [-0.39, 0.29) is 6.29 Å². The second-order valence-electron chi connectivity index (χ2n) is 2.49.